The van der Waals surface area contributed by atoms with Crippen molar-refractivity contribution in [3.05, 3.63) is 94.9 Å². The molecule has 0 aliphatic carbocycles. The highest BCUT2D eigenvalue weighted by Crippen LogP contribution is 2.17. The van der Waals surface area contributed by atoms with Gasteiger partial charge in [0.15, 0.2) is 5.76 Å². The van der Waals surface area contributed by atoms with Crippen molar-refractivity contribution < 1.29 is 14.0 Å². The van der Waals surface area contributed by atoms with Gasteiger partial charge >= 0.3 is 5.91 Å². The van der Waals surface area contributed by atoms with Gasteiger partial charge in [-0.3, -0.25) is 14.5 Å². The lowest BCUT2D eigenvalue weighted by atomic mass is 10.1. The lowest BCUT2D eigenvalue weighted by Gasteiger charge is -2.21. The van der Waals surface area contributed by atoms with Crippen molar-refractivity contribution in [3.8, 4) is 0 Å². The summed E-state index contributed by atoms with van der Waals surface area (Å²) in [5, 5.41) is 0. The number of nitrogens with zero attached hydrogens (tertiary/aromatic N) is 1. The molecule has 1 amide bonds. The van der Waals surface area contributed by atoms with Gasteiger partial charge in [0.05, 0.1) is 13.2 Å². The maximum absolute atomic E-state index is 12.0. The zero-order valence-electron chi connectivity index (χ0n) is 16.4. The first-order valence-electron chi connectivity index (χ1n) is 9.46. The first-order valence-corrected chi connectivity index (χ1v) is 9.46. The van der Waals surface area contributed by atoms with E-state index >= 15 is 0 Å². The van der Waals surface area contributed by atoms with Gasteiger partial charge in [0, 0.05) is 13.1 Å². The van der Waals surface area contributed by atoms with E-state index in [1.165, 1.54) is 16.7 Å². The van der Waals surface area contributed by atoms with E-state index in [4.69, 9.17) is 9.25 Å². The van der Waals surface area contributed by atoms with Crippen LogP contribution in [0.4, 0.5) is 0 Å². The van der Waals surface area contributed by atoms with Crippen LogP contribution in [0.5, 0.6) is 0 Å². The molecule has 0 saturated heterocycles. The number of benzene rings is 2. The van der Waals surface area contributed by atoms with Gasteiger partial charge in [0.2, 0.25) is 0 Å². The molecule has 5 heteroatoms. The van der Waals surface area contributed by atoms with E-state index < -0.39 is 0 Å². The molecular weight excluding hydrogens is 352 g/mol. The van der Waals surface area contributed by atoms with Crippen LogP contribution in [0.1, 0.15) is 39.9 Å². The Morgan fingerprint density at radius 2 is 1.61 bits per heavy atom. The quantitative estimate of drug-likeness (QED) is 0.558. The predicted molar refractivity (Wildman–Crippen MR) is 108 cm³/mol. The molecule has 5 nitrogen and oxygen atoms in total. The molecule has 0 aliphatic heterocycles. The lowest BCUT2D eigenvalue weighted by Crippen LogP contribution is -2.23. The molecule has 0 bridgehead atoms. The first-order chi connectivity index (χ1) is 13.6. The highest BCUT2D eigenvalue weighted by molar-refractivity contribution is 5.90. The van der Waals surface area contributed by atoms with E-state index in [1.54, 1.807) is 13.0 Å². The van der Waals surface area contributed by atoms with Crippen molar-refractivity contribution >= 4 is 5.91 Å². The molecule has 2 aromatic carbocycles. The van der Waals surface area contributed by atoms with Gasteiger partial charge in [-0.25, -0.2) is 5.48 Å². The van der Waals surface area contributed by atoms with E-state index in [0.29, 0.717) is 13.2 Å². The summed E-state index contributed by atoms with van der Waals surface area (Å²) in [7, 11) is 0. The van der Waals surface area contributed by atoms with Crippen molar-refractivity contribution in [2.24, 2.45) is 0 Å². The summed E-state index contributed by atoms with van der Waals surface area (Å²) in [5.74, 6) is 0.615. The SMILES string of the molecule is CCONC(=O)c1ccc(CN(Cc2ccccc2)Cc2ccc(C)cc2)o1. The molecule has 0 radical (unpaired) electrons. The number of rotatable bonds is 9. The fraction of sp³-hybridized carbons (Fsp3) is 0.261. The van der Waals surface area contributed by atoms with Crippen LogP contribution in [0.15, 0.2) is 71.1 Å². The van der Waals surface area contributed by atoms with Crippen LogP contribution in [-0.4, -0.2) is 17.4 Å². The highest BCUT2D eigenvalue weighted by Gasteiger charge is 2.14. The Labute approximate surface area is 165 Å². The van der Waals surface area contributed by atoms with E-state index in [9.17, 15) is 4.79 Å². The fourth-order valence-electron chi connectivity index (χ4n) is 2.95. The zero-order valence-corrected chi connectivity index (χ0v) is 16.4. The van der Waals surface area contributed by atoms with Gasteiger partial charge in [-0.15, -0.1) is 0 Å². The molecule has 0 spiro atoms. The Bertz CT molecular complexity index is 872. The van der Waals surface area contributed by atoms with E-state index in [2.05, 4.69) is 53.7 Å². The number of nitrogens with one attached hydrogen (secondary N) is 1. The van der Waals surface area contributed by atoms with Crippen molar-refractivity contribution in [1.29, 1.82) is 0 Å². The third kappa shape index (κ3) is 5.81. The molecule has 3 rings (SSSR count). The van der Waals surface area contributed by atoms with Crippen LogP contribution < -0.4 is 5.48 Å². The minimum atomic E-state index is -0.374. The molecule has 3 aromatic rings. The Morgan fingerprint density at radius 1 is 0.929 bits per heavy atom. The Hall–Kier alpha value is -2.89. The number of hydrogen-bond acceptors (Lipinski definition) is 4. The van der Waals surface area contributed by atoms with Crippen molar-refractivity contribution in [1.82, 2.24) is 10.4 Å². The number of furan rings is 1. The maximum atomic E-state index is 12.0. The third-order valence-corrected chi connectivity index (χ3v) is 4.35. The summed E-state index contributed by atoms with van der Waals surface area (Å²) in [6, 6.07) is 22.4. The monoisotopic (exact) mass is 378 g/mol. The van der Waals surface area contributed by atoms with Crippen LogP contribution in [0.25, 0.3) is 0 Å². The third-order valence-electron chi connectivity index (χ3n) is 4.35. The Balaban J connectivity index is 1.72. The smallest absolute Gasteiger partial charge is 0.310 e. The second-order valence-corrected chi connectivity index (χ2v) is 6.75. The molecule has 28 heavy (non-hydrogen) atoms. The van der Waals surface area contributed by atoms with Crippen molar-refractivity contribution in [2.75, 3.05) is 6.61 Å². The molecule has 1 N–H and O–H groups in total. The van der Waals surface area contributed by atoms with Gasteiger partial charge in [-0.1, -0.05) is 60.2 Å². The topological polar surface area (TPSA) is 54.7 Å². The van der Waals surface area contributed by atoms with Gasteiger partial charge in [-0.2, -0.15) is 0 Å². The average Bonchev–Trinajstić information content (AvgIpc) is 3.17. The van der Waals surface area contributed by atoms with Gasteiger partial charge in [0.25, 0.3) is 0 Å². The number of carbonyl (C=O) groups excluding carboxylic acids is 1. The molecular formula is C23H26N2O3. The standard InChI is InChI=1S/C23H26N2O3/c1-3-27-24-23(26)22-14-13-21(28-22)17-25(15-19-7-5-4-6-8-19)16-20-11-9-18(2)10-12-20/h4-14H,3,15-17H2,1-2H3,(H,24,26). The van der Waals surface area contributed by atoms with E-state index in [0.717, 1.165) is 18.8 Å². The minimum absolute atomic E-state index is 0.249. The second kappa shape index (κ2) is 9.88. The van der Waals surface area contributed by atoms with Crippen LogP contribution in [0.2, 0.25) is 0 Å². The normalized spacial score (nSPS) is 11.0. The summed E-state index contributed by atoms with van der Waals surface area (Å²) in [6.45, 7) is 6.47. The number of aryl methyl sites for hydroxylation is 1. The predicted octanol–water partition coefficient (Wildman–Crippen LogP) is 4.47. The zero-order chi connectivity index (χ0) is 19.8. The molecule has 0 aliphatic rings. The van der Waals surface area contributed by atoms with Gasteiger partial charge in [-0.05, 0) is 37.1 Å². The molecule has 0 atom stereocenters. The average molecular weight is 378 g/mol. The number of hydroxylamine groups is 1. The minimum Gasteiger partial charge on any atom is -0.454 e. The van der Waals surface area contributed by atoms with Crippen molar-refractivity contribution in [2.45, 2.75) is 33.5 Å². The summed E-state index contributed by atoms with van der Waals surface area (Å²) in [5.41, 5.74) is 6.07. The largest absolute Gasteiger partial charge is 0.454 e. The first kappa shape index (κ1) is 19.9. The Morgan fingerprint density at radius 3 is 2.29 bits per heavy atom. The lowest BCUT2D eigenvalue weighted by molar-refractivity contribution is 0.0338. The second-order valence-electron chi connectivity index (χ2n) is 6.75. The molecule has 0 fully saturated rings. The summed E-state index contributed by atoms with van der Waals surface area (Å²) < 4.78 is 5.73. The van der Waals surface area contributed by atoms with Crippen LogP contribution >= 0.6 is 0 Å². The molecule has 1 aromatic heterocycles. The fourth-order valence-corrected chi connectivity index (χ4v) is 2.95. The van der Waals surface area contributed by atoms with E-state index in [1.807, 2.05) is 24.3 Å². The molecule has 0 saturated carbocycles. The Kier molecular flexibility index (Phi) is 7.00. The number of hydrogen-bond donors (Lipinski definition) is 1. The van der Waals surface area contributed by atoms with Crippen molar-refractivity contribution in [3.63, 3.8) is 0 Å². The number of amides is 1. The molecule has 146 valence electrons. The molecule has 0 unspecified atom stereocenters. The summed E-state index contributed by atoms with van der Waals surface area (Å²) >= 11 is 0. The highest BCUT2D eigenvalue weighted by atomic mass is 16.7. The van der Waals surface area contributed by atoms with Gasteiger partial charge < -0.3 is 4.42 Å². The van der Waals surface area contributed by atoms with Crippen LogP contribution in [-0.2, 0) is 24.5 Å². The van der Waals surface area contributed by atoms with Gasteiger partial charge in [0.1, 0.15) is 5.76 Å². The van der Waals surface area contributed by atoms with E-state index in [-0.39, 0.29) is 11.7 Å². The summed E-state index contributed by atoms with van der Waals surface area (Å²) in [6.07, 6.45) is 0. The van der Waals surface area contributed by atoms with Crippen LogP contribution in [0, 0.1) is 6.92 Å². The molecule has 1 heterocycles. The maximum Gasteiger partial charge on any atom is 0.310 e. The summed E-state index contributed by atoms with van der Waals surface area (Å²) in [4.78, 5) is 19.2. The van der Waals surface area contributed by atoms with Crippen LogP contribution in [0.3, 0.4) is 0 Å². The number of carbonyl (C=O) groups is 1.